The van der Waals surface area contributed by atoms with Crippen LogP contribution in [0.25, 0.3) is 11.0 Å². The van der Waals surface area contributed by atoms with Crippen molar-refractivity contribution in [2.24, 2.45) is 0 Å². The molecular weight excluding hydrogens is 366 g/mol. The average molecular weight is 393 g/mol. The van der Waals surface area contributed by atoms with Gasteiger partial charge in [-0.25, -0.2) is 4.98 Å². The van der Waals surface area contributed by atoms with Gasteiger partial charge in [0.05, 0.1) is 30.9 Å². The van der Waals surface area contributed by atoms with E-state index in [1.54, 1.807) is 19.1 Å². The first-order valence-electron chi connectivity index (χ1n) is 10.1. The van der Waals surface area contributed by atoms with Crippen LogP contribution in [0.4, 0.5) is 5.69 Å². The summed E-state index contributed by atoms with van der Waals surface area (Å²) in [6.07, 6.45) is 2.64. The molecule has 0 bridgehead atoms. The highest BCUT2D eigenvalue weighted by molar-refractivity contribution is 5.98. The van der Waals surface area contributed by atoms with E-state index in [1.807, 2.05) is 36.4 Å². The highest BCUT2D eigenvalue weighted by atomic mass is 16.5. The Morgan fingerprint density at radius 2 is 1.97 bits per heavy atom. The molecule has 2 aromatic carbocycles. The van der Waals surface area contributed by atoms with Crippen molar-refractivity contribution in [1.29, 1.82) is 0 Å². The van der Waals surface area contributed by atoms with Gasteiger partial charge in [0.25, 0.3) is 0 Å². The van der Waals surface area contributed by atoms with Gasteiger partial charge in [-0.1, -0.05) is 25.5 Å². The molecule has 29 heavy (non-hydrogen) atoms. The lowest BCUT2D eigenvalue weighted by Gasteiger charge is -2.20. The molecule has 1 aliphatic heterocycles. The number of para-hydroxylation sites is 2. The minimum atomic E-state index is 0.0441. The van der Waals surface area contributed by atoms with E-state index in [1.165, 1.54) is 0 Å². The van der Waals surface area contributed by atoms with Crippen LogP contribution in [0.2, 0.25) is 0 Å². The molecule has 1 amide bonds. The first-order chi connectivity index (χ1) is 14.2. The molecular formula is C23H27N3O3. The van der Waals surface area contributed by atoms with Crippen molar-refractivity contribution in [3.63, 3.8) is 0 Å². The summed E-state index contributed by atoms with van der Waals surface area (Å²) in [6, 6.07) is 13.7. The number of carbonyl (C=O) groups excluding carboxylic acids is 1. The molecule has 1 aromatic heterocycles. The first-order valence-corrected chi connectivity index (χ1v) is 10.1. The summed E-state index contributed by atoms with van der Waals surface area (Å²) >= 11 is 0. The normalized spacial score (nSPS) is 16.6. The summed E-state index contributed by atoms with van der Waals surface area (Å²) in [5, 5.41) is 0. The minimum absolute atomic E-state index is 0.0441. The second-order valence-electron chi connectivity index (χ2n) is 7.41. The van der Waals surface area contributed by atoms with Crippen molar-refractivity contribution in [1.82, 2.24) is 9.55 Å². The second kappa shape index (κ2) is 8.15. The van der Waals surface area contributed by atoms with E-state index in [0.29, 0.717) is 24.5 Å². The average Bonchev–Trinajstić information content (AvgIpc) is 3.32. The van der Waals surface area contributed by atoms with Gasteiger partial charge in [-0.3, -0.25) is 4.79 Å². The van der Waals surface area contributed by atoms with Crippen LogP contribution in [0.15, 0.2) is 42.5 Å². The topological polar surface area (TPSA) is 56.6 Å². The molecule has 1 fully saturated rings. The molecule has 1 saturated heterocycles. The first kappa shape index (κ1) is 19.3. The van der Waals surface area contributed by atoms with Gasteiger partial charge in [-0.2, -0.15) is 0 Å². The number of rotatable bonds is 7. The van der Waals surface area contributed by atoms with Crippen molar-refractivity contribution in [3.8, 4) is 11.5 Å². The smallest absolute Gasteiger partial charge is 0.227 e. The van der Waals surface area contributed by atoms with E-state index in [0.717, 1.165) is 41.9 Å². The van der Waals surface area contributed by atoms with Gasteiger partial charge in [-0.05, 0) is 30.7 Å². The largest absolute Gasteiger partial charge is 0.497 e. The van der Waals surface area contributed by atoms with E-state index < -0.39 is 0 Å². The van der Waals surface area contributed by atoms with Crippen molar-refractivity contribution in [2.75, 3.05) is 25.7 Å². The fraction of sp³-hybridized carbons (Fsp3) is 0.391. The Kier molecular flexibility index (Phi) is 5.43. The number of hydrogen-bond acceptors (Lipinski definition) is 4. The number of carbonyl (C=O) groups is 1. The molecule has 0 aliphatic carbocycles. The van der Waals surface area contributed by atoms with Crippen LogP contribution in [0.3, 0.4) is 0 Å². The van der Waals surface area contributed by atoms with Crippen LogP contribution in [-0.4, -0.2) is 36.2 Å². The molecule has 1 atom stereocenters. The maximum Gasteiger partial charge on any atom is 0.227 e. The van der Waals surface area contributed by atoms with Crippen molar-refractivity contribution in [2.45, 2.75) is 38.6 Å². The molecule has 4 rings (SSSR count). The number of amides is 1. The third kappa shape index (κ3) is 3.55. The third-order valence-corrected chi connectivity index (χ3v) is 5.59. The Bertz CT molecular complexity index is 1030. The van der Waals surface area contributed by atoms with Crippen molar-refractivity contribution in [3.05, 3.63) is 48.3 Å². The molecule has 6 heteroatoms. The molecule has 0 radical (unpaired) electrons. The summed E-state index contributed by atoms with van der Waals surface area (Å²) in [5.74, 6) is 2.49. The lowest BCUT2D eigenvalue weighted by Crippen LogP contribution is -2.25. The summed E-state index contributed by atoms with van der Waals surface area (Å²) in [4.78, 5) is 19.7. The Hall–Kier alpha value is -3.02. The SMILES string of the molecule is CCCCn1c(C2CC(=O)N(c3cc(OC)ccc3OC)C2)nc2ccccc21. The number of unbranched alkanes of at least 4 members (excludes halogenated alkanes) is 1. The van der Waals surface area contributed by atoms with Gasteiger partial charge >= 0.3 is 0 Å². The van der Waals surface area contributed by atoms with Crippen molar-refractivity contribution < 1.29 is 14.3 Å². The maximum atomic E-state index is 13.0. The Morgan fingerprint density at radius 3 is 2.72 bits per heavy atom. The predicted molar refractivity (Wildman–Crippen MR) is 114 cm³/mol. The third-order valence-electron chi connectivity index (χ3n) is 5.59. The number of benzene rings is 2. The van der Waals surface area contributed by atoms with Gasteiger partial charge in [0, 0.05) is 31.5 Å². The monoisotopic (exact) mass is 393 g/mol. The van der Waals surface area contributed by atoms with E-state index in [-0.39, 0.29) is 11.8 Å². The zero-order chi connectivity index (χ0) is 20.4. The molecule has 1 aliphatic rings. The molecule has 0 spiro atoms. The highest BCUT2D eigenvalue weighted by Crippen LogP contribution is 2.39. The quantitative estimate of drug-likeness (QED) is 0.598. The number of hydrogen-bond donors (Lipinski definition) is 0. The number of anilines is 1. The van der Waals surface area contributed by atoms with Crippen LogP contribution in [0.1, 0.15) is 37.9 Å². The fourth-order valence-corrected chi connectivity index (χ4v) is 4.08. The number of imidazole rings is 1. The van der Waals surface area contributed by atoms with Crippen LogP contribution in [-0.2, 0) is 11.3 Å². The van der Waals surface area contributed by atoms with Crippen LogP contribution in [0, 0.1) is 0 Å². The maximum absolute atomic E-state index is 13.0. The summed E-state index contributed by atoms with van der Waals surface area (Å²) in [5.41, 5.74) is 2.87. The lowest BCUT2D eigenvalue weighted by atomic mass is 10.1. The van der Waals surface area contributed by atoms with Gasteiger partial charge in [-0.15, -0.1) is 0 Å². The Balaban J connectivity index is 1.70. The number of methoxy groups -OCH3 is 2. The van der Waals surface area contributed by atoms with Crippen molar-refractivity contribution >= 4 is 22.6 Å². The number of fused-ring (bicyclic) bond motifs is 1. The zero-order valence-corrected chi connectivity index (χ0v) is 17.2. The number of aryl methyl sites for hydroxylation is 1. The number of ether oxygens (including phenoxy) is 2. The Morgan fingerprint density at radius 1 is 1.14 bits per heavy atom. The van der Waals surface area contributed by atoms with Gasteiger partial charge in [0.15, 0.2) is 0 Å². The minimum Gasteiger partial charge on any atom is -0.497 e. The molecule has 0 saturated carbocycles. The van der Waals surface area contributed by atoms with Crippen LogP contribution in [0.5, 0.6) is 11.5 Å². The standard InChI is InChI=1S/C23H27N3O3/c1-4-5-12-25-19-9-7-6-8-18(19)24-23(25)16-13-22(27)26(15-16)20-14-17(28-2)10-11-21(20)29-3/h6-11,14,16H,4-5,12-13,15H2,1-3H3. The molecule has 2 heterocycles. The number of nitrogens with zero attached hydrogens (tertiary/aromatic N) is 3. The van der Waals surface area contributed by atoms with E-state index in [9.17, 15) is 4.79 Å². The highest BCUT2D eigenvalue weighted by Gasteiger charge is 2.36. The molecule has 152 valence electrons. The predicted octanol–water partition coefficient (Wildman–Crippen LogP) is 4.37. The molecule has 6 nitrogen and oxygen atoms in total. The van der Waals surface area contributed by atoms with Gasteiger partial charge in [0.2, 0.25) is 5.91 Å². The summed E-state index contributed by atoms with van der Waals surface area (Å²) < 4.78 is 13.1. The fourth-order valence-electron chi connectivity index (χ4n) is 4.08. The molecule has 1 unspecified atom stereocenters. The van der Waals surface area contributed by atoms with E-state index >= 15 is 0 Å². The van der Waals surface area contributed by atoms with E-state index in [4.69, 9.17) is 14.5 Å². The summed E-state index contributed by atoms with van der Waals surface area (Å²) in [7, 11) is 3.24. The second-order valence-corrected chi connectivity index (χ2v) is 7.41. The van der Waals surface area contributed by atoms with Gasteiger partial charge < -0.3 is 18.9 Å². The Labute approximate surface area is 171 Å². The zero-order valence-electron chi connectivity index (χ0n) is 17.2. The number of aromatic nitrogens is 2. The van der Waals surface area contributed by atoms with Crippen LogP contribution < -0.4 is 14.4 Å². The lowest BCUT2D eigenvalue weighted by molar-refractivity contribution is -0.117. The molecule has 3 aromatic rings. The van der Waals surface area contributed by atoms with Crippen LogP contribution >= 0.6 is 0 Å². The molecule has 0 N–H and O–H groups in total. The van der Waals surface area contributed by atoms with Gasteiger partial charge in [0.1, 0.15) is 17.3 Å². The summed E-state index contributed by atoms with van der Waals surface area (Å²) in [6.45, 7) is 3.69. The van der Waals surface area contributed by atoms with E-state index in [2.05, 4.69) is 17.6 Å².